The molecule has 98 valence electrons. The van der Waals surface area contributed by atoms with Crippen molar-refractivity contribution in [2.24, 2.45) is 0 Å². The SMILES string of the molecule is O=C(Nc1cccc(CO)c1)c1cccc(O)c1O. The molecule has 0 aromatic heterocycles. The highest BCUT2D eigenvalue weighted by Gasteiger charge is 2.13. The molecule has 0 radical (unpaired) electrons. The van der Waals surface area contributed by atoms with E-state index in [-0.39, 0.29) is 17.9 Å². The average molecular weight is 259 g/mol. The van der Waals surface area contributed by atoms with Crippen LogP contribution in [-0.4, -0.2) is 21.2 Å². The molecule has 0 aliphatic heterocycles. The molecule has 0 saturated heterocycles. The van der Waals surface area contributed by atoms with Gasteiger partial charge in [0, 0.05) is 5.69 Å². The van der Waals surface area contributed by atoms with Crippen molar-refractivity contribution in [1.82, 2.24) is 0 Å². The monoisotopic (exact) mass is 259 g/mol. The summed E-state index contributed by atoms with van der Waals surface area (Å²) in [7, 11) is 0. The van der Waals surface area contributed by atoms with E-state index < -0.39 is 11.7 Å². The molecule has 0 spiro atoms. The van der Waals surface area contributed by atoms with E-state index in [1.807, 2.05) is 0 Å². The maximum atomic E-state index is 11.9. The molecule has 2 aromatic carbocycles. The third-order valence-corrected chi connectivity index (χ3v) is 2.63. The van der Waals surface area contributed by atoms with E-state index in [9.17, 15) is 15.0 Å². The van der Waals surface area contributed by atoms with Crippen molar-refractivity contribution in [1.29, 1.82) is 0 Å². The normalized spacial score (nSPS) is 10.2. The van der Waals surface area contributed by atoms with E-state index in [2.05, 4.69) is 5.32 Å². The summed E-state index contributed by atoms with van der Waals surface area (Å²) in [6.45, 7) is -0.124. The minimum atomic E-state index is -0.538. The predicted octanol–water partition coefficient (Wildman–Crippen LogP) is 1.84. The number of carbonyl (C=O) groups is 1. The van der Waals surface area contributed by atoms with Gasteiger partial charge in [0.15, 0.2) is 11.5 Å². The number of amides is 1. The van der Waals surface area contributed by atoms with Gasteiger partial charge in [0.25, 0.3) is 5.91 Å². The molecule has 5 heteroatoms. The van der Waals surface area contributed by atoms with E-state index in [1.54, 1.807) is 24.3 Å². The summed E-state index contributed by atoms with van der Waals surface area (Å²) in [6.07, 6.45) is 0. The number of carbonyl (C=O) groups excluding carboxylic acids is 1. The summed E-state index contributed by atoms with van der Waals surface area (Å²) in [6, 6.07) is 10.9. The van der Waals surface area contributed by atoms with Crippen molar-refractivity contribution >= 4 is 11.6 Å². The first-order valence-corrected chi connectivity index (χ1v) is 5.64. The number of nitrogens with one attached hydrogen (secondary N) is 1. The molecule has 0 fully saturated rings. The van der Waals surface area contributed by atoms with Crippen LogP contribution in [0.5, 0.6) is 11.5 Å². The fourth-order valence-electron chi connectivity index (χ4n) is 1.66. The van der Waals surface area contributed by atoms with Gasteiger partial charge in [-0.3, -0.25) is 4.79 Å². The third-order valence-electron chi connectivity index (χ3n) is 2.63. The molecule has 0 bridgehead atoms. The number of phenolic OH excluding ortho intramolecular Hbond substituents is 2. The summed E-state index contributed by atoms with van der Waals surface area (Å²) in [5.74, 6) is -1.35. The Morgan fingerprint density at radius 2 is 1.84 bits per heavy atom. The zero-order chi connectivity index (χ0) is 13.8. The van der Waals surface area contributed by atoms with Gasteiger partial charge in [0.05, 0.1) is 12.2 Å². The lowest BCUT2D eigenvalue weighted by Gasteiger charge is -2.08. The van der Waals surface area contributed by atoms with Gasteiger partial charge in [0.1, 0.15) is 0 Å². The van der Waals surface area contributed by atoms with E-state index in [4.69, 9.17) is 5.11 Å². The molecule has 5 nitrogen and oxygen atoms in total. The molecule has 0 heterocycles. The molecular formula is C14H13NO4. The second kappa shape index (κ2) is 5.41. The van der Waals surface area contributed by atoms with Crippen LogP contribution in [0.3, 0.4) is 0 Å². The Balaban J connectivity index is 2.23. The first-order valence-electron chi connectivity index (χ1n) is 5.64. The lowest BCUT2D eigenvalue weighted by molar-refractivity contribution is 0.102. The van der Waals surface area contributed by atoms with Crippen LogP contribution in [0, 0.1) is 0 Å². The smallest absolute Gasteiger partial charge is 0.259 e. The number of anilines is 1. The van der Waals surface area contributed by atoms with Gasteiger partial charge < -0.3 is 20.6 Å². The van der Waals surface area contributed by atoms with Gasteiger partial charge in [-0.1, -0.05) is 18.2 Å². The molecule has 19 heavy (non-hydrogen) atoms. The number of hydrogen-bond acceptors (Lipinski definition) is 4. The van der Waals surface area contributed by atoms with Crippen molar-refractivity contribution in [3.63, 3.8) is 0 Å². The van der Waals surface area contributed by atoms with Crippen LogP contribution in [0.4, 0.5) is 5.69 Å². The van der Waals surface area contributed by atoms with Crippen molar-refractivity contribution in [2.45, 2.75) is 6.61 Å². The third kappa shape index (κ3) is 2.83. The summed E-state index contributed by atoms with van der Waals surface area (Å²) < 4.78 is 0. The second-order valence-corrected chi connectivity index (χ2v) is 3.99. The van der Waals surface area contributed by atoms with Crippen LogP contribution in [-0.2, 0) is 6.61 Å². The average Bonchev–Trinajstić information content (AvgIpc) is 2.42. The van der Waals surface area contributed by atoms with Crippen molar-refractivity contribution < 1.29 is 20.1 Å². The molecule has 0 saturated carbocycles. The van der Waals surface area contributed by atoms with E-state index >= 15 is 0 Å². The van der Waals surface area contributed by atoms with Gasteiger partial charge in [-0.2, -0.15) is 0 Å². The van der Waals surface area contributed by atoms with E-state index in [1.165, 1.54) is 18.2 Å². The van der Waals surface area contributed by atoms with Crippen molar-refractivity contribution in [3.8, 4) is 11.5 Å². The van der Waals surface area contributed by atoms with Crippen LogP contribution in [0.2, 0.25) is 0 Å². The van der Waals surface area contributed by atoms with Crippen LogP contribution < -0.4 is 5.32 Å². The number of hydrogen-bond donors (Lipinski definition) is 4. The fourth-order valence-corrected chi connectivity index (χ4v) is 1.66. The molecule has 0 unspecified atom stereocenters. The Bertz CT molecular complexity index is 610. The molecule has 2 rings (SSSR count). The van der Waals surface area contributed by atoms with Gasteiger partial charge in [-0.05, 0) is 29.8 Å². The predicted molar refractivity (Wildman–Crippen MR) is 70.1 cm³/mol. The highest BCUT2D eigenvalue weighted by Crippen LogP contribution is 2.28. The highest BCUT2D eigenvalue weighted by atomic mass is 16.3. The van der Waals surface area contributed by atoms with Crippen LogP contribution >= 0.6 is 0 Å². The topological polar surface area (TPSA) is 89.8 Å². The number of benzene rings is 2. The number of phenols is 2. The second-order valence-electron chi connectivity index (χ2n) is 3.99. The van der Waals surface area contributed by atoms with Crippen LogP contribution in [0.15, 0.2) is 42.5 Å². The van der Waals surface area contributed by atoms with Gasteiger partial charge in [-0.25, -0.2) is 0 Å². The van der Waals surface area contributed by atoms with Crippen molar-refractivity contribution in [2.75, 3.05) is 5.32 Å². The molecule has 0 atom stereocenters. The summed E-state index contributed by atoms with van der Waals surface area (Å²) in [5, 5.41) is 30.5. The van der Waals surface area contributed by atoms with E-state index in [0.717, 1.165) is 0 Å². The minimum Gasteiger partial charge on any atom is -0.504 e. The van der Waals surface area contributed by atoms with Gasteiger partial charge in [-0.15, -0.1) is 0 Å². The number of rotatable bonds is 3. The minimum absolute atomic E-state index is 0.0191. The Morgan fingerprint density at radius 1 is 1.11 bits per heavy atom. The van der Waals surface area contributed by atoms with E-state index in [0.29, 0.717) is 11.3 Å². The maximum Gasteiger partial charge on any atom is 0.259 e. The summed E-state index contributed by atoms with van der Waals surface area (Å²) in [5.41, 5.74) is 1.15. The van der Waals surface area contributed by atoms with Crippen LogP contribution in [0.1, 0.15) is 15.9 Å². The Morgan fingerprint density at radius 3 is 2.58 bits per heavy atom. The number of aromatic hydroxyl groups is 2. The molecule has 0 aliphatic rings. The quantitative estimate of drug-likeness (QED) is 0.633. The lowest BCUT2D eigenvalue weighted by atomic mass is 10.1. The number of para-hydroxylation sites is 1. The van der Waals surface area contributed by atoms with Crippen molar-refractivity contribution in [3.05, 3.63) is 53.6 Å². The lowest BCUT2D eigenvalue weighted by Crippen LogP contribution is -2.12. The summed E-state index contributed by atoms with van der Waals surface area (Å²) in [4.78, 5) is 11.9. The largest absolute Gasteiger partial charge is 0.504 e. The molecular weight excluding hydrogens is 246 g/mol. The zero-order valence-electron chi connectivity index (χ0n) is 10.00. The van der Waals surface area contributed by atoms with Gasteiger partial charge >= 0.3 is 0 Å². The Hall–Kier alpha value is -2.53. The maximum absolute atomic E-state index is 11.9. The highest BCUT2D eigenvalue weighted by molar-refractivity contribution is 6.06. The molecule has 1 amide bonds. The zero-order valence-corrected chi connectivity index (χ0v) is 10.00. The number of aliphatic hydroxyl groups is 1. The Labute approximate surface area is 109 Å². The molecule has 2 aromatic rings. The summed E-state index contributed by atoms with van der Waals surface area (Å²) >= 11 is 0. The number of aliphatic hydroxyl groups excluding tert-OH is 1. The molecule has 4 N–H and O–H groups in total. The van der Waals surface area contributed by atoms with Gasteiger partial charge in [0.2, 0.25) is 0 Å². The first-order chi connectivity index (χ1) is 9.11. The standard InChI is InChI=1S/C14H13NO4/c16-8-9-3-1-4-10(7-9)15-14(19)11-5-2-6-12(17)13(11)18/h1-7,16-18H,8H2,(H,15,19). The Kier molecular flexibility index (Phi) is 3.68. The fraction of sp³-hybridized carbons (Fsp3) is 0.0714. The van der Waals surface area contributed by atoms with Crippen LogP contribution in [0.25, 0.3) is 0 Å². The first kappa shape index (κ1) is 12.9. The molecule has 0 aliphatic carbocycles.